The van der Waals surface area contributed by atoms with E-state index < -0.39 is 12.0 Å². The smallest absolute Gasteiger partial charge is 0.323 e. The maximum atomic E-state index is 11.1. The molecule has 1 N–H and O–H groups in total. The Labute approximate surface area is 119 Å². The summed E-state index contributed by atoms with van der Waals surface area (Å²) in [6.07, 6.45) is 0. The highest BCUT2D eigenvalue weighted by molar-refractivity contribution is 9.10. The number of hydrogen-bond donors (Lipinski definition) is 1. The van der Waals surface area contributed by atoms with Crippen LogP contribution in [0.1, 0.15) is 5.56 Å². The number of morpholine rings is 1. The molecule has 4 nitrogen and oxygen atoms in total. The molecule has 0 aromatic heterocycles. The van der Waals surface area contributed by atoms with Gasteiger partial charge in [0.1, 0.15) is 6.04 Å². The lowest BCUT2D eigenvalue weighted by atomic mass is 10.1. The molecule has 1 aliphatic heterocycles. The minimum absolute atomic E-state index is 0.226. The van der Waals surface area contributed by atoms with Crippen molar-refractivity contribution in [1.29, 1.82) is 0 Å². The molecule has 1 saturated heterocycles. The van der Waals surface area contributed by atoms with Crippen molar-refractivity contribution < 1.29 is 14.6 Å². The van der Waals surface area contributed by atoms with Gasteiger partial charge in [-0.25, -0.2) is 0 Å². The highest BCUT2D eigenvalue weighted by Crippen LogP contribution is 2.23. The van der Waals surface area contributed by atoms with Crippen LogP contribution < -0.4 is 0 Å². The Kier molecular flexibility index (Phi) is 4.61. The number of benzene rings is 1. The molecule has 0 bridgehead atoms. The Balaban J connectivity index is 2.13. The molecule has 1 heterocycles. The first-order valence-electron chi connectivity index (χ1n) is 5.56. The van der Waals surface area contributed by atoms with Crippen LogP contribution in [0.4, 0.5) is 0 Å². The van der Waals surface area contributed by atoms with E-state index in [1.165, 1.54) is 0 Å². The Hall–Kier alpha value is -0.620. The fourth-order valence-electron chi connectivity index (χ4n) is 1.92. The molecule has 0 aliphatic carbocycles. The lowest BCUT2D eigenvalue weighted by Gasteiger charge is -2.32. The van der Waals surface area contributed by atoms with E-state index in [4.69, 9.17) is 21.4 Å². The van der Waals surface area contributed by atoms with Crippen LogP contribution in [-0.2, 0) is 16.1 Å². The van der Waals surface area contributed by atoms with Gasteiger partial charge in [-0.05, 0) is 17.7 Å². The van der Waals surface area contributed by atoms with Gasteiger partial charge in [0.25, 0.3) is 0 Å². The number of carboxylic acid groups (broad SMARTS) is 1. The van der Waals surface area contributed by atoms with Gasteiger partial charge in [0, 0.05) is 22.6 Å². The summed E-state index contributed by atoms with van der Waals surface area (Å²) in [7, 11) is 0. The molecule has 1 aliphatic rings. The van der Waals surface area contributed by atoms with E-state index in [-0.39, 0.29) is 6.61 Å². The number of aliphatic carboxylic acids is 1. The molecular weight excluding hydrogens is 321 g/mol. The normalized spacial score (nSPS) is 20.9. The molecular formula is C12H13BrClNO3. The number of hydrogen-bond acceptors (Lipinski definition) is 3. The number of carboxylic acids is 1. The van der Waals surface area contributed by atoms with Gasteiger partial charge in [-0.15, -0.1) is 0 Å². The number of halogens is 2. The van der Waals surface area contributed by atoms with Crippen molar-refractivity contribution in [3.8, 4) is 0 Å². The maximum absolute atomic E-state index is 11.1. The van der Waals surface area contributed by atoms with E-state index in [0.29, 0.717) is 24.7 Å². The molecule has 1 atom stereocenters. The highest BCUT2D eigenvalue weighted by Gasteiger charge is 2.29. The average molecular weight is 335 g/mol. The second kappa shape index (κ2) is 6.02. The fraction of sp³-hybridized carbons (Fsp3) is 0.417. The molecule has 18 heavy (non-hydrogen) atoms. The van der Waals surface area contributed by atoms with E-state index >= 15 is 0 Å². The Morgan fingerprint density at radius 2 is 2.39 bits per heavy atom. The Bertz CT molecular complexity index is 455. The van der Waals surface area contributed by atoms with Crippen LogP contribution in [-0.4, -0.2) is 41.8 Å². The van der Waals surface area contributed by atoms with E-state index in [2.05, 4.69) is 15.9 Å². The standard InChI is InChI=1S/C12H13BrClNO3/c13-9-2-1-8(10(14)5-9)6-15-3-4-18-7-11(15)12(16)17/h1-2,5,11H,3-4,6-7H2,(H,16,17). The minimum atomic E-state index is -0.858. The van der Waals surface area contributed by atoms with Gasteiger partial charge < -0.3 is 9.84 Å². The third-order valence-electron chi connectivity index (χ3n) is 2.91. The molecule has 0 saturated carbocycles. The summed E-state index contributed by atoms with van der Waals surface area (Å²) >= 11 is 9.49. The summed E-state index contributed by atoms with van der Waals surface area (Å²) in [6, 6.07) is 5.02. The van der Waals surface area contributed by atoms with Crippen LogP contribution in [0.3, 0.4) is 0 Å². The van der Waals surface area contributed by atoms with E-state index in [0.717, 1.165) is 10.0 Å². The third kappa shape index (κ3) is 3.23. The summed E-state index contributed by atoms with van der Waals surface area (Å²) in [5.74, 6) is -0.858. The highest BCUT2D eigenvalue weighted by atomic mass is 79.9. The van der Waals surface area contributed by atoms with E-state index in [1.54, 1.807) is 0 Å². The van der Waals surface area contributed by atoms with Gasteiger partial charge in [-0.3, -0.25) is 9.69 Å². The van der Waals surface area contributed by atoms with Crippen LogP contribution >= 0.6 is 27.5 Å². The van der Waals surface area contributed by atoms with Crippen LogP contribution in [0.5, 0.6) is 0 Å². The maximum Gasteiger partial charge on any atom is 0.323 e. The topological polar surface area (TPSA) is 49.8 Å². The molecule has 1 aromatic rings. The van der Waals surface area contributed by atoms with Crippen LogP contribution in [0.2, 0.25) is 5.02 Å². The van der Waals surface area contributed by atoms with Gasteiger partial charge in [-0.2, -0.15) is 0 Å². The van der Waals surface area contributed by atoms with Crippen molar-refractivity contribution in [3.63, 3.8) is 0 Å². The Morgan fingerprint density at radius 1 is 1.61 bits per heavy atom. The number of nitrogens with zero attached hydrogens (tertiary/aromatic N) is 1. The Morgan fingerprint density at radius 3 is 3.06 bits per heavy atom. The zero-order valence-corrected chi connectivity index (χ0v) is 11.9. The molecule has 1 fully saturated rings. The van der Waals surface area contributed by atoms with E-state index in [1.807, 2.05) is 23.1 Å². The predicted octanol–water partition coefficient (Wildman–Crippen LogP) is 2.39. The SMILES string of the molecule is O=C(O)C1COCCN1Cc1ccc(Br)cc1Cl. The molecule has 6 heteroatoms. The molecule has 0 spiro atoms. The zero-order chi connectivity index (χ0) is 13.1. The first kappa shape index (κ1) is 13.8. The number of ether oxygens (including phenoxy) is 1. The van der Waals surface area contributed by atoms with Crippen molar-refractivity contribution in [2.45, 2.75) is 12.6 Å². The third-order valence-corrected chi connectivity index (χ3v) is 3.76. The zero-order valence-electron chi connectivity index (χ0n) is 9.60. The lowest BCUT2D eigenvalue weighted by Crippen LogP contribution is -2.49. The van der Waals surface area contributed by atoms with Crippen molar-refractivity contribution in [2.75, 3.05) is 19.8 Å². The largest absolute Gasteiger partial charge is 0.480 e. The van der Waals surface area contributed by atoms with Crippen LogP contribution in [0, 0.1) is 0 Å². The predicted molar refractivity (Wildman–Crippen MR) is 71.8 cm³/mol. The van der Waals surface area contributed by atoms with Crippen LogP contribution in [0.25, 0.3) is 0 Å². The van der Waals surface area contributed by atoms with Gasteiger partial charge in [0.15, 0.2) is 0 Å². The number of carbonyl (C=O) groups is 1. The second-order valence-corrected chi connectivity index (χ2v) is 5.46. The van der Waals surface area contributed by atoms with Crippen molar-refractivity contribution in [3.05, 3.63) is 33.3 Å². The summed E-state index contributed by atoms with van der Waals surface area (Å²) in [5.41, 5.74) is 0.924. The van der Waals surface area contributed by atoms with Gasteiger partial charge in [0.05, 0.1) is 13.2 Å². The average Bonchev–Trinajstić information content (AvgIpc) is 2.33. The second-order valence-electron chi connectivity index (χ2n) is 4.14. The lowest BCUT2D eigenvalue weighted by molar-refractivity contribution is -0.150. The van der Waals surface area contributed by atoms with Crippen LogP contribution in [0.15, 0.2) is 22.7 Å². The molecule has 0 radical (unpaired) electrons. The quantitative estimate of drug-likeness (QED) is 0.922. The summed E-state index contributed by atoms with van der Waals surface area (Å²) in [6.45, 7) is 1.90. The van der Waals surface area contributed by atoms with Crippen molar-refractivity contribution in [2.24, 2.45) is 0 Å². The molecule has 1 unspecified atom stereocenters. The van der Waals surface area contributed by atoms with Gasteiger partial charge in [0.2, 0.25) is 0 Å². The van der Waals surface area contributed by atoms with Gasteiger partial charge >= 0.3 is 5.97 Å². The monoisotopic (exact) mass is 333 g/mol. The van der Waals surface area contributed by atoms with Crippen molar-refractivity contribution >= 4 is 33.5 Å². The summed E-state index contributed by atoms with van der Waals surface area (Å²) in [5, 5.41) is 9.78. The summed E-state index contributed by atoms with van der Waals surface area (Å²) < 4.78 is 6.11. The van der Waals surface area contributed by atoms with Crippen molar-refractivity contribution in [1.82, 2.24) is 4.90 Å². The first-order chi connectivity index (χ1) is 8.58. The molecule has 0 amide bonds. The van der Waals surface area contributed by atoms with E-state index in [9.17, 15) is 4.79 Å². The number of rotatable bonds is 3. The fourth-order valence-corrected chi connectivity index (χ4v) is 2.66. The molecule has 98 valence electrons. The molecule has 2 rings (SSSR count). The molecule has 1 aromatic carbocycles. The summed E-state index contributed by atoms with van der Waals surface area (Å²) in [4.78, 5) is 13.0. The minimum Gasteiger partial charge on any atom is -0.480 e. The first-order valence-corrected chi connectivity index (χ1v) is 6.73. The van der Waals surface area contributed by atoms with Gasteiger partial charge in [-0.1, -0.05) is 33.6 Å².